The number of benzene rings is 1. The predicted molar refractivity (Wildman–Crippen MR) is 111 cm³/mol. The summed E-state index contributed by atoms with van der Waals surface area (Å²) in [6.07, 6.45) is 0.209. The highest BCUT2D eigenvalue weighted by atomic mass is 32.2. The summed E-state index contributed by atoms with van der Waals surface area (Å²) in [4.78, 5) is 28.6. The van der Waals surface area contributed by atoms with Crippen LogP contribution in [-0.4, -0.2) is 79.6 Å². The van der Waals surface area contributed by atoms with Crippen molar-refractivity contribution in [1.82, 2.24) is 14.1 Å². The van der Waals surface area contributed by atoms with Crippen LogP contribution in [0.15, 0.2) is 29.2 Å². The average Bonchev–Trinajstić information content (AvgIpc) is 3.10. The van der Waals surface area contributed by atoms with E-state index in [1.165, 1.54) is 16.4 Å². The van der Waals surface area contributed by atoms with Crippen LogP contribution < -0.4 is 5.32 Å². The zero-order valence-corrected chi connectivity index (χ0v) is 18.1. The van der Waals surface area contributed by atoms with E-state index in [2.05, 4.69) is 17.1 Å². The summed E-state index contributed by atoms with van der Waals surface area (Å²) in [7, 11) is -3.54. The molecule has 2 heterocycles. The van der Waals surface area contributed by atoms with Crippen molar-refractivity contribution in [3.8, 4) is 0 Å². The van der Waals surface area contributed by atoms with Gasteiger partial charge in [0.1, 0.15) is 0 Å². The molecular weight excluding hydrogens is 392 g/mol. The average molecular weight is 423 g/mol. The molecule has 29 heavy (non-hydrogen) atoms. The Morgan fingerprint density at radius 2 is 1.76 bits per heavy atom. The molecule has 0 aliphatic carbocycles. The van der Waals surface area contributed by atoms with Crippen LogP contribution in [0.1, 0.15) is 27.2 Å². The molecule has 1 atom stereocenters. The van der Waals surface area contributed by atoms with Gasteiger partial charge < -0.3 is 15.1 Å². The molecule has 2 fully saturated rings. The second-order valence-electron chi connectivity index (χ2n) is 7.89. The van der Waals surface area contributed by atoms with Gasteiger partial charge >= 0.3 is 0 Å². The van der Waals surface area contributed by atoms with E-state index in [4.69, 9.17) is 0 Å². The Morgan fingerprint density at radius 1 is 1.14 bits per heavy atom. The summed E-state index contributed by atoms with van der Waals surface area (Å²) in [6.45, 7) is 9.70. The van der Waals surface area contributed by atoms with Crippen molar-refractivity contribution in [2.24, 2.45) is 5.92 Å². The molecule has 0 radical (unpaired) electrons. The van der Waals surface area contributed by atoms with Gasteiger partial charge in [-0.2, -0.15) is 4.31 Å². The molecule has 0 aromatic heterocycles. The first-order valence-corrected chi connectivity index (χ1v) is 11.6. The van der Waals surface area contributed by atoms with E-state index < -0.39 is 10.0 Å². The van der Waals surface area contributed by atoms with Crippen LogP contribution in [0.4, 0.5) is 5.69 Å². The maximum absolute atomic E-state index is 12.8. The van der Waals surface area contributed by atoms with E-state index in [-0.39, 0.29) is 35.1 Å². The van der Waals surface area contributed by atoms with Crippen LogP contribution in [-0.2, 0) is 19.6 Å². The maximum Gasteiger partial charge on any atom is 0.243 e. The van der Waals surface area contributed by atoms with Gasteiger partial charge in [-0.25, -0.2) is 8.42 Å². The molecule has 8 nitrogen and oxygen atoms in total. The number of sulfonamides is 1. The fourth-order valence-corrected chi connectivity index (χ4v) is 5.22. The Hall–Kier alpha value is -1.97. The molecule has 1 N–H and O–H groups in total. The van der Waals surface area contributed by atoms with E-state index in [0.717, 1.165) is 19.6 Å². The smallest absolute Gasteiger partial charge is 0.243 e. The normalized spacial score (nSPS) is 21.7. The largest absolute Gasteiger partial charge is 0.339 e. The summed E-state index contributed by atoms with van der Waals surface area (Å²) in [5, 5.41) is 2.80. The standard InChI is InChI=1S/C20H30N4O4S/c1-4-22-9-11-23(12-10-22)29(27,28)18-7-5-17(6-8-18)21-20(26)16-13-19(25)24(14-16)15(2)3/h5-8,15-16H,4,9-14H2,1-3H3,(H,21,26). The van der Waals surface area contributed by atoms with Gasteiger partial charge in [-0.05, 0) is 44.7 Å². The number of anilines is 1. The van der Waals surface area contributed by atoms with Crippen molar-refractivity contribution in [1.29, 1.82) is 0 Å². The van der Waals surface area contributed by atoms with Crippen LogP contribution in [0.2, 0.25) is 0 Å². The van der Waals surface area contributed by atoms with Crippen molar-refractivity contribution in [3.63, 3.8) is 0 Å². The molecule has 2 saturated heterocycles. The van der Waals surface area contributed by atoms with Crippen LogP contribution >= 0.6 is 0 Å². The highest BCUT2D eigenvalue weighted by molar-refractivity contribution is 7.89. The van der Waals surface area contributed by atoms with Gasteiger partial charge in [-0.15, -0.1) is 0 Å². The minimum absolute atomic E-state index is 0.00948. The molecule has 0 saturated carbocycles. The minimum Gasteiger partial charge on any atom is -0.339 e. The molecule has 0 spiro atoms. The third-order valence-corrected chi connectivity index (χ3v) is 7.60. The Kier molecular flexibility index (Phi) is 6.60. The fourth-order valence-electron chi connectivity index (χ4n) is 3.80. The first-order chi connectivity index (χ1) is 13.7. The van der Waals surface area contributed by atoms with Crippen LogP contribution in [0.3, 0.4) is 0 Å². The van der Waals surface area contributed by atoms with E-state index in [0.29, 0.717) is 25.3 Å². The minimum atomic E-state index is -3.54. The van der Waals surface area contributed by atoms with Gasteiger partial charge in [0.15, 0.2) is 0 Å². The number of nitrogens with zero attached hydrogens (tertiary/aromatic N) is 3. The van der Waals surface area contributed by atoms with Crippen molar-refractivity contribution >= 4 is 27.5 Å². The number of carbonyl (C=O) groups excluding carboxylic acids is 2. The predicted octanol–water partition coefficient (Wildman–Crippen LogP) is 1.21. The van der Waals surface area contributed by atoms with E-state index >= 15 is 0 Å². The molecule has 9 heteroatoms. The SMILES string of the molecule is CCN1CCN(S(=O)(=O)c2ccc(NC(=O)C3CC(=O)N(C(C)C)C3)cc2)CC1. The monoisotopic (exact) mass is 422 g/mol. The number of carbonyl (C=O) groups is 2. The highest BCUT2D eigenvalue weighted by Gasteiger charge is 2.35. The number of rotatable bonds is 6. The van der Waals surface area contributed by atoms with Gasteiger partial charge in [0.05, 0.1) is 10.8 Å². The Balaban J connectivity index is 1.61. The molecule has 1 aromatic carbocycles. The van der Waals surface area contributed by atoms with Gasteiger partial charge in [0.25, 0.3) is 0 Å². The number of nitrogens with one attached hydrogen (secondary N) is 1. The summed E-state index contributed by atoms with van der Waals surface area (Å²) >= 11 is 0. The number of piperazine rings is 1. The molecule has 160 valence electrons. The second kappa shape index (κ2) is 8.81. The summed E-state index contributed by atoms with van der Waals surface area (Å²) < 4.78 is 27.2. The third kappa shape index (κ3) is 4.79. The second-order valence-corrected chi connectivity index (χ2v) is 9.83. The Labute approximate surface area is 172 Å². The van der Waals surface area contributed by atoms with Crippen molar-refractivity contribution in [2.45, 2.75) is 38.1 Å². The zero-order valence-electron chi connectivity index (χ0n) is 17.3. The number of amides is 2. The maximum atomic E-state index is 12.8. The van der Waals surface area contributed by atoms with Crippen molar-refractivity contribution < 1.29 is 18.0 Å². The Bertz CT molecular complexity index is 846. The van der Waals surface area contributed by atoms with Crippen molar-refractivity contribution in [3.05, 3.63) is 24.3 Å². The Morgan fingerprint density at radius 3 is 2.28 bits per heavy atom. The van der Waals surface area contributed by atoms with Crippen LogP contribution in [0.25, 0.3) is 0 Å². The van der Waals surface area contributed by atoms with Crippen LogP contribution in [0, 0.1) is 5.92 Å². The first kappa shape index (κ1) is 21.7. The first-order valence-electron chi connectivity index (χ1n) is 10.1. The summed E-state index contributed by atoms with van der Waals surface area (Å²) in [6, 6.07) is 6.33. The lowest BCUT2D eigenvalue weighted by atomic mass is 10.1. The molecular formula is C20H30N4O4S. The van der Waals surface area contributed by atoms with Crippen LogP contribution in [0.5, 0.6) is 0 Å². The molecule has 1 unspecified atom stereocenters. The lowest BCUT2D eigenvalue weighted by molar-refractivity contribution is -0.129. The zero-order chi connectivity index (χ0) is 21.2. The number of hydrogen-bond donors (Lipinski definition) is 1. The topological polar surface area (TPSA) is 90.0 Å². The molecule has 2 amide bonds. The van der Waals surface area contributed by atoms with Gasteiger partial charge in [0.2, 0.25) is 21.8 Å². The molecule has 1 aromatic rings. The van der Waals surface area contributed by atoms with E-state index in [9.17, 15) is 18.0 Å². The number of hydrogen-bond acceptors (Lipinski definition) is 5. The summed E-state index contributed by atoms with van der Waals surface area (Å²) in [5.41, 5.74) is 0.528. The highest BCUT2D eigenvalue weighted by Crippen LogP contribution is 2.23. The van der Waals surface area contributed by atoms with Gasteiger partial charge in [-0.1, -0.05) is 6.92 Å². The quantitative estimate of drug-likeness (QED) is 0.744. The summed E-state index contributed by atoms with van der Waals surface area (Å²) in [5.74, 6) is -0.610. The molecule has 0 bridgehead atoms. The van der Waals surface area contributed by atoms with E-state index in [1.54, 1.807) is 17.0 Å². The number of likely N-dealkylation sites (tertiary alicyclic amines) is 1. The third-order valence-electron chi connectivity index (χ3n) is 5.69. The fraction of sp³-hybridized carbons (Fsp3) is 0.600. The molecule has 3 rings (SSSR count). The van der Waals surface area contributed by atoms with Crippen molar-refractivity contribution in [2.75, 3.05) is 44.6 Å². The lowest BCUT2D eigenvalue weighted by Crippen LogP contribution is -2.48. The lowest BCUT2D eigenvalue weighted by Gasteiger charge is -2.33. The molecule has 2 aliphatic heterocycles. The number of likely N-dealkylation sites (N-methyl/N-ethyl adjacent to an activating group) is 1. The van der Waals surface area contributed by atoms with Gasteiger partial charge in [-0.3, -0.25) is 9.59 Å². The van der Waals surface area contributed by atoms with Gasteiger partial charge in [0, 0.05) is 50.9 Å². The molecule has 2 aliphatic rings. The van der Waals surface area contributed by atoms with E-state index in [1.807, 2.05) is 13.8 Å².